The summed E-state index contributed by atoms with van der Waals surface area (Å²) in [6.45, 7) is 2.03. The molecular formula is C15H16N2O3S2. The fourth-order valence-corrected chi connectivity index (χ4v) is 3.10. The number of thiazole rings is 1. The van der Waals surface area contributed by atoms with E-state index in [1.807, 2.05) is 30.3 Å². The maximum Gasteiger partial charge on any atom is 0.357 e. The molecule has 0 aliphatic carbocycles. The monoisotopic (exact) mass is 336 g/mol. The molecule has 0 fully saturated rings. The summed E-state index contributed by atoms with van der Waals surface area (Å²) in [6, 6.07) is 9.96. The topological polar surface area (TPSA) is 68.3 Å². The summed E-state index contributed by atoms with van der Waals surface area (Å²) in [5.74, 6) is 0.507. The van der Waals surface area contributed by atoms with Gasteiger partial charge in [-0.1, -0.05) is 30.3 Å². The fraction of sp³-hybridized carbons (Fsp3) is 0.267. The van der Waals surface area contributed by atoms with Gasteiger partial charge in [0.05, 0.1) is 12.4 Å². The van der Waals surface area contributed by atoms with Gasteiger partial charge in [0.15, 0.2) is 10.8 Å². The first-order chi connectivity index (χ1) is 10.7. The van der Waals surface area contributed by atoms with Gasteiger partial charge in [-0.15, -0.1) is 23.1 Å². The number of hydrogen-bond donors (Lipinski definition) is 1. The van der Waals surface area contributed by atoms with Crippen molar-refractivity contribution in [1.29, 1.82) is 0 Å². The van der Waals surface area contributed by atoms with Gasteiger partial charge in [0, 0.05) is 11.1 Å². The lowest BCUT2D eigenvalue weighted by molar-refractivity contribution is -0.113. The minimum absolute atomic E-state index is 0.134. The molecule has 0 saturated carbocycles. The molecule has 0 atom stereocenters. The highest BCUT2D eigenvalue weighted by molar-refractivity contribution is 7.99. The minimum atomic E-state index is -0.474. The van der Waals surface area contributed by atoms with Crippen LogP contribution in [0.3, 0.4) is 0 Å². The number of thioether (sulfide) groups is 1. The molecule has 22 heavy (non-hydrogen) atoms. The summed E-state index contributed by atoms with van der Waals surface area (Å²) in [7, 11) is 0. The summed E-state index contributed by atoms with van der Waals surface area (Å²) >= 11 is 2.74. The molecule has 7 heteroatoms. The molecule has 1 aromatic heterocycles. The lowest BCUT2D eigenvalue weighted by atomic mass is 10.2. The molecule has 2 rings (SSSR count). The van der Waals surface area contributed by atoms with E-state index in [-0.39, 0.29) is 11.6 Å². The zero-order valence-electron chi connectivity index (χ0n) is 12.1. The van der Waals surface area contributed by atoms with Gasteiger partial charge in [-0.3, -0.25) is 4.79 Å². The largest absolute Gasteiger partial charge is 0.461 e. The molecule has 116 valence electrons. The van der Waals surface area contributed by atoms with E-state index in [0.29, 0.717) is 17.5 Å². The minimum Gasteiger partial charge on any atom is -0.461 e. The number of hydrogen-bond acceptors (Lipinski definition) is 6. The molecule has 0 bridgehead atoms. The Morgan fingerprint density at radius 1 is 1.32 bits per heavy atom. The summed E-state index contributed by atoms with van der Waals surface area (Å²) in [5, 5.41) is 4.67. The third-order valence-electron chi connectivity index (χ3n) is 2.58. The Hall–Kier alpha value is -1.86. The highest BCUT2D eigenvalue weighted by atomic mass is 32.2. The van der Waals surface area contributed by atoms with Crippen LogP contribution in [0.15, 0.2) is 35.7 Å². The lowest BCUT2D eigenvalue weighted by Gasteiger charge is -2.02. The molecule has 0 unspecified atom stereocenters. The number of carbonyl (C=O) groups excluding carboxylic acids is 2. The molecule has 0 aliphatic rings. The van der Waals surface area contributed by atoms with Crippen molar-refractivity contribution in [2.75, 3.05) is 17.7 Å². The van der Waals surface area contributed by atoms with Crippen LogP contribution in [-0.4, -0.2) is 29.2 Å². The van der Waals surface area contributed by atoms with Gasteiger partial charge in [0.2, 0.25) is 5.91 Å². The van der Waals surface area contributed by atoms with Crippen molar-refractivity contribution < 1.29 is 14.3 Å². The van der Waals surface area contributed by atoms with Crippen molar-refractivity contribution in [1.82, 2.24) is 4.98 Å². The van der Waals surface area contributed by atoms with Crippen LogP contribution in [0, 0.1) is 0 Å². The number of rotatable bonds is 7. The van der Waals surface area contributed by atoms with E-state index < -0.39 is 5.97 Å². The molecule has 0 saturated heterocycles. The smallest absolute Gasteiger partial charge is 0.357 e. The van der Waals surface area contributed by atoms with Crippen molar-refractivity contribution in [2.45, 2.75) is 12.7 Å². The Morgan fingerprint density at radius 2 is 2.09 bits per heavy atom. The van der Waals surface area contributed by atoms with Crippen LogP contribution < -0.4 is 5.32 Å². The number of nitrogens with one attached hydrogen (secondary N) is 1. The van der Waals surface area contributed by atoms with E-state index in [2.05, 4.69) is 10.3 Å². The van der Waals surface area contributed by atoms with Crippen molar-refractivity contribution in [3.8, 4) is 0 Å². The number of amides is 1. The number of benzene rings is 1. The van der Waals surface area contributed by atoms with Gasteiger partial charge in [-0.2, -0.15) is 0 Å². The van der Waals surface area contributed by atoms with Gasteiger partial charge in [0.25, 0.3) is 0 Å². The number of anilines is 1. The van der Waals surface area contributed by atoms with Crippen molar-refractivity contribution in [3.05, 3.63) is 47.0 Å². The first-order valence-electron chi connectivity index (χ1n) is 6.73. The van der Waals surface area contributed by atoms with Crippen molar-refractivity contribution >= 4 is 40.1 Å². The van der Waals surface area contributed by atoms with E-state index in [1.54, 1.807) is 12.3 Å². The SMILES string of the molecule is CCOC(=O)c1csc(NC(=O)CSCc2ccccc2)n1. The van der Waals surface area contributed by atoms with Crippen LogP contribution in [0.4, 0.5) is 5.13 Å². The number of ether oxygens (including phenoxy) is 1. The van der Waals surface area contributed by atoms with Crippen LogP contribution in [0.25, 0.3) is 0 Å². The zero-order valence-corrected chi connectivity index (χ0v) is 13.7. The van der Waals surface area contributed by atoms with E-state index in [9.17, 15) is 9.59 Å². The molecule has 1 amide bonds. The van der Waals surface area contributed by atoms with Gasteiger partial charge in [-0.05, 0) is 12.5 Å². The second-order valence-electron chi connectivity index (χ2n) is 4.28. The van der Waals surface area contributed by atoms with E-state index in [0.717, 1.165) is 5.75 Å². The summed E-state index contributed by atoms with van der Waals surface area (Å²) in [6.07, 6.45) is 0. The second kappa shape index (κ2) is 8.55. The van der Waals surface area contributed by atoms with Crippen LogP contribution in [0.5, 0.6) is 0 Å². The maximum absolute atomic E-state index is 11.8. The van der Waals surface area contributed by atoms with E-state index in [4.69, 9.17) is 4.74 Å². The number of aromatic nitrogens is 1. The van der Waals surface area contributed by atoms with E-state index in [1.165, 1.54) is 28.7 Å². The predicted octanol–water partition coefficient (Wildman–Crippen LogP) is 3.19. The zero-order chi connectivity index (χ0) is 15.8. The molecule has 0 aliphatic heterocycles. The molecule has 5 nitrogen and oxygen atoms in total. The first-order valence-corrected chi connectivity index (χ1v) is 8.76. The van der Waals surface area contributed by atoms with Crippen molar-refractivity contribution in [3.63, 3.8) is 0 Å². The Bertz CT molecular complexity index is 629. The van der Waals surface area contributed by atoms with Gasteiger partial charge in [0.1, 0.15) is 0 Å². The fourth-order valence-electron chi connectivity index (χ4n) is 1.62. The standard InChI is InChI=1S/C15H16N2O3S2/c1-2-20-14(19)12-9-22-15(16-12)17-13(18)10-21-8-11-6-4-3-5-7-11/h3-7,9H,2,8,10H2,1H3,(H,16,17,18). The molecule has 1 N–H and O–H groups in total. The molecular weight excluding hydrogens is 320 g/mol. The summed E-state index contributed by atoms with van der Waals surface area (Å²) < 4.78 is 4.85. The van der Waals surface area contributed by atoms with Gasteiger partial charge in [-0.25, -0.2) is 9.78 Å². The third kappa shape index (κ3) is 5.16. The van der Waals surface area contributed by atoms with Crippen LogP contribution in [0.2, 0.25) is 0 Å². The van der Waals surface area contributed by atoms with Gasteiger partial charge >= 0.3 is 5.97 Å². The highest BCUT2D eigenvalue weighted by Gasteiger charge is 2.13. The number of nitrogens with zero attached hydrogens (tertiary/aromatic N) is 1. The number of esters is 1. The molecule has 0 spiro atoms. The van der Waals surface area contributed by atoms with E-state index >= 15 is 0 Å². The van der Waals surface area contributed by atoms with Crippen LogP contribution >= 0.6 is 23.1 Å². The Balaban J connectivity index is 1.76. The molecule has 1 heterocycles. The summed E-state index contributed by atoms with van der Waals surface area (Å²) in [5.41, 5.74) is 1.40. The van der Waals surface area contributed by atoms with Crippen LogP contribution in [0.1, 0.15) is 23.0 Å². The predicted molar refractivity (Wildman–Crippen MR) is 89.3 cm³/mol. The lowest BCUT2D eigenvalue weighted by Crippen LogP contribution is -2.14. The average molecular weight is 336 g/mol. The average Bonchev–Trinajstić information content (AvgIpc) is 2.97. The van der Waals surface area contributed by atoms with Crippen LogP contribution in [-0.2, 0) is 15.3 Å². The quantitative estimate of drug-likeness (QED) is 0.787. The molecule has 0 radical (unpaired) electrons. The summed E-state index contributed by atoms with van der Waals surface area (Å²) in [4.78, 5) is 27.3. The maximum atomic E-state index is 11.8. The first kappa shape index (κ1) is 16.5. The number of carbonyl (C=O) groups is 2. The highest BCUT2D eigenvalue weighted by Crippen LogP contribution is 2.17. The molecule has 2 aromatic rings. The Labute approximate surface area is 137 Å². The Kier molecular flexibility index (Phi) is 6.42. The Morgan fingerprint density at radius 3 is 2.82 bits per heavy atom. The normalized spacial score (nSPS) is 10.2. The third-order valence-corrected chi connectivity index (χ3v) is 4.34. The molecule has 1 aromatic carbocycles. The second-order valence-corrected chi connectivity index (χ2v) is 6.13. The van der Waals surface area contributed by atoms with Crippen molar-refractivity contribution in [2.24, 2.45) is 0 Å². The van der Waals surface area contributed by atoms with Gasteiger partial charge < -0.3 is 10.1 Å².